The maximum atomic E-state index is 11.8. The first-order valence-electron chi connectivity index (χ1n) is 4.80. The Morgan fingerprint density at radius 3 is 3.00 bits per heavy atom. The molecule has 8 heteroatoms. The summed E-state index contributed by atoms with van der Waals surface area (Å²) in [4.78, 5) is 15.7. The zero-order valence-electron chi connectivity index (χ0n) is 8.94. The van der Waals surface area contributed by atoms with Crippen molar-refractivity contribution in [3.05, 3.63) is 34.4 Å². The number of hydrogen-bond donors (Lipinski definition) is 2. The maximum Gasteiger partial charge on any atom is 0.251 e. The van der Waals surface area contributed by atoms with Gasteiger partial charge in [-0.3, -0.25) is 4.79 Å². The molecule has 0 saturated heterocycles. The Labute approximate surface area is 102 Å². The minimum absolute atomic E-state index is 0.203. The molecule has 1 amide bonds. The summed E-state index contributed by atoms with van der Waals surface area (Å²) in [5.41, 5.74) is 1.13. The second-order valence-electron chi connectivity index (χ2n) is 3.33. The zero-order valence-corrected chi connectivity index (χ0v) is 9.69. The van der Waals surface area contributed by atoms with Crippen molar-refractivity contribution in [1.29, 1.82) is 0 Å². The van der Waals surface area contributed by atoms with Gasteiger partial charge < -0.3 is 5.32 Å². The van der Waals surface area contributed by atoms with Crippen LogP contribution in [0.4, 0.5) is 0 Å². The smallest absolute Gasteiger partial charge is 0.251 e. The third-order valence-electron chi connectivity index (χ3n) is 1.98. The molecule has 88 valence electrons. The molecule has 0 aliphatic carbocycles. The largest absolute Gasteiger partial charge is 0.345 e. The van der Waals surface area contributed by atoms with E-state index in [-0.39, 0.29) is 17.6 Å². The molecule has 2 heterocycles. The highest BCUT2D eigenvalue weighted by atomic mass is 35.5. The van der Waals surface area contributed by atoms with Crippen LogP contribution in [0.3, 0.4) is 0 Å². The fourth-order valence-corrected chi connectivity index (χ4v) is 1.53. The van der Waals surface area contributed by atoms with E-state index >= 15 is 0 Å². The molecule has 2 rings (SSSR count). The minimum atomic E-state index is -0.262. The number of aryl methyl sites for hydroxylation is 1. The molecular formula is C9H9ClN6O. The summed E-state index contributed by atoms with van der Waals surface area (Å²) in [7, 11) is 0. The number of carbonyl (C=O) groups is 1. The van der Waals surface area contributed by atoms with E-state index in [9.17, 15) is 4.79 Å². The topological polar surface area (TPSA) is 96.5 Å². The van der Waals surface area contributed by atoms with Crippen LogP contribution in [0.25, 0.3) is 0 Å². The van der Waals surface area contributed by atoms with Crippen molar-refractivity contribution >= 4 is 17.5 Å². The third kappa shape index (κ3) is 2.97. The monoisotopic (exact) mass is 252 g/mol. The first-order chi connectivity index (χ1) is 8.15. The van der Waals surface area contributed by atoms with Gasteiger partial charge in [-0.1, -0.05) is 16.8 Å². The van der Waals surface area contributed by atoms with Gasteiger partial charge in [-0.25, -0.2) is 4.98 Å². The lowest BCUT2D eigenvalue weighted by molar-refractivity contribution is 0.0949. The number of aromatic nitrogens is 5. The van der Waals surface area contributed by atoms with Gasteiger partial charge in [0.15, 0.2) is 5.82 Å². The van der Waals surface area contributed by atoms with Crippen LogP contribution < -0.4 is 5.32 Å². The van der Waals surface area contributed by atoms with E-state index in [2.05, 4.69) is 30.9 Å². The molecule has 0 fully saturated rings. The highest BCUT2D eigenvalue weighted by Gasteiger charge is 2.08. The van der Waals surface area contributed by atoms with E-state index in [1.807, 2.05) is 0 Å². The quantitative estimate of drug-likeness (QED) is 0.775. The van der Waals surface area contributed by atoms with Crippen LogP contribution in [0.2, 0.25) is 5.15 Å². The molecular weight excluding hydrogens is 244 g/mol. The Balaban J connectivity index is 2.04. The molecule has 0 atom stereocenters. The molecule has 0 unspecified atom stereocenters. The minimum Gasteiger partial charge on any atom is -0.345 e. The predicted molar refractivity (Wildman–Crippen MR) is 59.3 cm³/mol. The van der Waals surface area contributed by atoms with E-state index in [1.54, 1.807) is 13.0 Å². The third-order valence-corrected chi connectivity index (χ3v) is 2.17. The van der Waals surface area contributed by atoms with Crippen LogP contribution in [-0.4, -0.2) is 31.5 Å². The number of H-pyrrole nitrogens is 1. The molecule has 2 N–H and O–H groups in total. The number of hydrogen-bond acceptors (Lipinski definition) is 5. The van der Waals surface area contributed by atoms with Gasteiger partial charge in [0.25, 0.3) is 5.91 Å². The van der Waals surface area contributed by atoms with Crippen molar-refractivity contribution < 1.29 is 4.79 Å². The molecule has 2 aromatic heterocycles. The summed E-state index contributed by atoms with van der Waals surface area (Å²) in [6.07, 6.45) is 0. The summed E-state index contributed by atoms with van der Waals surface area (Å²) in [5, 5.41) is 16.0. The van der Waals surface area contributed by atoms with Gasteiger partial charge in [-0.05, 0) is 19.1 Å². The number of halogens is 1. The fraction of sp³-hybridized carbons (Fsp3) is 0.222. The van der Waals surface area contributed by atoms with E-state index in [0.29, 0.717) is 17.1 Å². The summed E-state index contributed by atoms with van der Waals surface area (Å²) >= 11 is 5.76. The first-order valence-corrected chi connectivity index (χ1v) is 5.17. The lowest BCUT2D eigenvalue weighted by Gasteiger charge is -2.03. The van der Waals surface area contributed by atoms with Crippen LogP contribution >= 0.6 is 11.6 Å². The normalized spacial score (nSPS) is 10.2. The molecule has 0 saturated carbocycles. The van der Waals surface area contributed by atoms with Gasteiger partial charge in [0.1, 0.15) is 5.15 Å². The van der Waals surface area contributed by atoms with Crippen LogP contribution in [0, 0.1) is 6.92 Å². The molecule has 0 spiro atoms. The van der Waals surface area contributed by atoms with Gasteiger partial charge in [-0.2, -0.15) is 5.21 Å². The fourth-order valence-electron chi connectivity index (χ4n) is 1.28. The summed E-state index contributed by atoms with van der Waals surface area (Å²) < 4.78 is 0. The Morgan fingerprint density at radius 1 is 1.53 bits per heavy atom. The van der Waals surface area contributed by atoms with Gasteiger partial charge in [0.05, 0.1) is 6.54 Å². The molecule has 7 nitrogen and oxygen atoms in total. The average molecular weight is 253 g/mol. The number of nitrogens with zero attached hydrogens (tertiary/aromatic N) is 4. The molecule has 0 bridgehead atoms. The Hall–Kier alpha value is -2.02. The van der Waals surface area contributed by atoms with Crippen LogP contribution in [0.5, 0.6) is 0 Å². The van der Waals surface area contributed by atoms with Crippen molar-refractivity contribution in [2.24, 2.45) is 0 Å². The van der Waals surface area contributed by atoms with Gasteiger partial charge in [0, 0.05) is 11.3 Å². The number of nitrogens with one attached hydrogen (secondary N) is 2. The van der Waals surface area contributed by atoms with Crippen molar-refractivity contribution in [2.75, 3.05) is 0 Å². The van der Waals surface area contributed by atoms with E-state index < -0.39 is 0 Å². The second-order valence-corrected chi connectivity index (χ2v) is 3.72. The van der Waals surface area contributed by atoms with Gasteiger partial charge >= 0.3 is 0 Å². The van der Waals surface area contributed by atoms with Crippen LogP contribution in [0.15, 0.2) is 12.1 Å². The number of amides is 1. The lowest BCUT2D eigenvalue weighted by atomic mass is 10.2. The number of aromatic amines is 1. The number of carbonyl (C=O) groups excluding carboxylic acids is 1. The van der Waals surface area contributed by atoms with Crippen molar-refractivity contribution in [3.63, 3.8) is 0 Å². The Morgan fingerprint density at radius 2 is 2.35 bits per heavy atom. The zero-order chi connectivity index (χ0) is 12.3. The highest BCUT2D eigenvalue weighted by Crippen LogP contribution is 2.10. The number of tetrazole rings is 1. The molecule has 0 aliphatic heterocycles. The maximum absolute atomic E-state index is 11.8. The van der Waals surface area contributed by atoms with E-state index in [0.717, 1.165) is 0 Å². The molecule has 0 radical (unpaired) electrons. The molecule has 0 aliphatic rings. The predicted octanol–water partition coefficient (Wildman–Crippen LogP) is 0.487. The molecule has 0 aromatic carbocycles. The van der Waals surface area contributed by atoms with Gasteiger partial charge in [0.2, 0.25) is 0 Å². The Bertz CT molecular complexity index is 506. The van der Waals surface area contributed by atoms with Crippen LogP contribution in [-0.2, 0) is 6.54 Å². The standard InChI is InChI=1S/C9H9ClN6O/c1-5-2-6(3-7(10)12-5)9(17)11-4-8-13-15-16-14-8/h2-3H,4H2,1H3,(H,11,17)(H,13,14,15,16). The second kappa shape index (κ2) is 4.88. The average Bonchev–Trinajstić information content (AvgIpc) is 2.77. The molecule has 17 heavy (non-hydrogen) atoms. The van der Waals surface area contributed by atoms with Gasteiger partial charge in [-0.15, -0.1) is 10.2 Å². The summed E-state index contributed by atoms with van der Waals surface area (Å²) in [6, 6.07) is 3.15. The van der Waals surface area contributed by atoms with E-state index in [4.69, 9.17) is 11.6 Å². The van der Waals surface area contributed by atoms with Crippen LogP contribution in [0.1, 0.15) is 21.9 Å². The van der Waals surface area contributed by atoms with Crippen molar-refractivity contribution in [1.82, 2.24) is 30.9 Å². The van der Waals surface area contributed by atoms with E-state index in [1.165, 1.54) is 6.07 Å². The summed E-state index contributed by atoms with van der Waals surface area (Å²) in [5.74, 6) is 0.150. The van der Waals surface area contributed by atoms with Crippen molar-refractivity contribution in [3.8, 4) is 0 Å². The Kier molecular flexibility index (Phi) is 3.29. The number of rotatable bonds is 3. The van der Waals surface area contributed by atoms with Crippen molar-refractivity contribution in [2.45, 2.75) is 13.5 Å². The SMILES string of the molecule is Cc1cc(C(=O)NCc2nn[nH]n2)cc(Cl)n1. The molecule has 2 aromatic rings. The summed E-state index contributed by atoms with van der Waals surface area (Å²) in [6.45, 7) is 1.97. The highest BCUT2D eigenvalue weighted by molar-refractivity contribution is 6.29. The number of pyridine rings is 1. The first kappa shape index (κ1) is 11.5. The lowest BCUT2D eigenvalue weighted by Crippen LogP contribution is -2.23.